The Kier molecular flexibility index (Phi) is 8.66. The summed E-state index contributed by atoms with van der Waals surface area (Å²) in [5.41, 5.74) is -1.22. The zero-order valence-corrected chi connectivity index (χ0v) is 26.3. The number of amides is 1. The molecule has 3 aliphatic heterocycles. The van der Waals surface area contributed by atoms with Crippen molar-refractivity contribution in [2.45, 2.75) is 49.6 Å². The lowest BCUT2D eigenvalue weighted by Crippen LogP contribution is -2.58. The Labute approximate surface area is 266 Å². The number of halogens is 5. The van der Waals surface area contributed by atoms with Crippen LogP contribution in [0.15, 0.2) is 46.6 Å². The van der Waals surface area contributed by atoms with E-state index in [4.69, 9.17) is 16.3 Å². The minimum Gasteiger partial charge on any atom is -0.379 e. The van der Waals surface area contributed by atoms with Crippen molar-refractivity contribution in [3.8, 4) is 11.1 Å². The maximum absolute atomic E-state index is 15.0. The number of thioether (sulfide) groups is 1. The SMILES string of the molecule is C=CC(=O)N1[C@H](C)CN(c2nc(=O)n3c4c(c(-c5ccc(F)c(Cl)c5)c(C(F)(F)F)cc24)SC[C@@H](N2CCOCC2)C3)C[C@@H]1C. The van der Waals surface area contributed by atoms with Gasteiger partial charge < -0.3 is 14.5 Å². The van der Waals surface area contributed by atoms with Gasteiger partial charge in [-0.15, -0.1) is 11.8 Å². The molecule has 2 aromatic carbocycles. The summed E-state index contributed by atoms with van der Waals surface area (Å²) in [6.45, 7) is 10.3. The molecule has 0 saturated carbocycles. The van der Waals surface area contributed by atoms with Crippen molar-refractivity contribution in [2.24, 2.45) is 0 Å². The first kappa shape index (κ1) is 31.8. The zero-order valence-electron chi connectivity index (χ0n) is 24.7. The first-order chi connectivity index (χ1) is 21.4. The fourth-order valence-corrected chi connectivity index (χ4v) is 8.33. The molecule has 3 aliphatic rings. The largest absolute Gasteiger partial charge is 0.417 e. The van der Waals surface area contributed by atoms with E-state index >= 15 is 13.2 Å². The van der Waals surface area contributed by atoms with E-state index in [2.05, 4.69) is 16.5 Å². The third-order valence-electron chi connectivity index (χ3n) is 8.74. The van der Waals surface area contributed by atoms with Crippen LogP contribution in [0.1, 0.15) is 19.4 Å². The molecular weight excluding hydrogens is 634 g/mol. The van der Waals surface area contributed by atoms with Crippen LogP contribution in [0.5, 0.6) is 0 Å². The van der Waals surface area contributed by atoms with Crippen molar-refractivity contribution < 1.29 is 27.1 Å². The third-order valence-corrected chi connectivity index (χ3v) is 10.3. The molecule has 0 bridgehead atoms. The number of ether oxygens (including phenoxy) is 1. The lowest BCUT2D eigenvalue weighted by molar-refractivity contribution is -0.137. The molecule has 8 nitrogen and oxygen atoms in total. The third kappa shape index (κ3) is 5.84. The molecule has 0 radical (unpaired) electrons. The number of alkyl halides is 3. The van der Waals surface area contributed by atoms with Gasteiger partial charge in [-0.25, -0.2) is 9.18 Å². The highest BCUT2D eigenvalue weighted by molar-refractivity contribution is 7.99. The van der Waals surface area contributed by atoms with Gasteiger partial charge in [-0.1, -0.05) is 24.2 Å². The lowest BCUT2D eigenvalue weighted by atomic mass is 9.96. The number of carbonyl (C=O) groups excluding carboxylic acids is 1. The quantitative estimate of drug-likeness (QED) is 0.277. The molecule has 3 aromatic rings. The number of rotatable bonds is 4. The van der Waals surface area contributed by atoms with Crippen LogP contribution in [-0.4, -0.2) is 88.5 Å². The Morgan fingerprint density at radius 3 is 2.44 bits per heavy atom. The van der Waals surface area contributed by atoms with Gasteiger partial charge in [0.05, 0.1) is 29.3 Å². The number of piperazine rings is 1. The predicted molar refractivity (Wildman–Crippen MR) is 166 cm³/mol. The van der Waals surface area contributed by atoms with Crippen molar-refractivity contribution in [1.29, 1.82) is 0 Å². The number of carbonyl (C=O) groups is 1. The Morgan fingerprint density at radius 1 is 1.13 bits per heavy atom. The van der Waals surface area contributed by atoms with Crippen LogP contribution in [-0.2, 0) is 22.3 Å². The molecule has 4 heterocycles. The highest BCUT2D eigenvalue weighted by Gasteiger charge is 2.40. The molecule has 1 amide bonds. The molecule has 0 unspecified atom stereocenters. The molecule has 2 fully saturated rings. The van der Waals surface area contributed by atoms with E-state index in [9.17, 15) is 14.0 Å². The fourth-order valence-electron chi connectivity index (χ4n) is 6.75. The average molecular weight is 666 g/mol. The van der Waals surface area contributed by atoms with Crippen LogP contribution in [0.4, 0.5) is 23.4 Å². The van der Waals surface area contributed by atoms with Gasteiger partial charge in [0.2, 0.25) is 5.91 Å². The number of nitrogens with zero attached hydrogens (tertiary/aromatic N) is 5. The maximum atomic E-state index is 15.0. The summed E-state index contributed by atoms with van der Waals surface area (Å²) in [4.78, 5) is 36.8. The molecule has 0 aliphatic carbocycles. The van der Waals surface area contributed by atoms with Crippen molar-refractivity contribution >= 4 is 46.0 Å². The van der Waals surface area contributed by atoms with E-state index in [1.807, 2.05) is 13.8 Å². The van der Waals surface area contributed by atoms with Gasteiger partial charge in [0, 0.05) is 72.4 Å². The van der Waals surface area contributed by atoms with Crippen LogP contribution < -0.4 is 10.6 Å². The summed E-state index contributed by atoms with van der Waals surface area (Å²) >= 11 is 7.33. The number of aromatic nitrogens is 2. The molecule has 45 heavy (non-hydrogen) atoms. The number of anilines is 1. The van der Waals surface area contributed by atoms with Crippen LogP contribution in [0.2, 0.25) is 5.02 Å². The summed E-state index contributed by atoms with van der Waals surface area (Å²) in [5, 5.41) is -0.118. The van der Waals surface area contributed by atoms with Gasteiger partial charge in [-0.05, 0) is 43.7 Å². The van der Waals surface area contributed by atoms with E-state index in [0.717, 1.165) is 12.1 Å². The van der Waals surface area contributed by atoms with Crippen molar-refractivity contribution in [1.82, 2.24) is 19.4 Å². The second-order valence-corrected chi connectivity index (χ2v) is 13.1. The summed E-state index contributed by atoms with van der Waals surface area (Å²) in [6, 6.07) is 3.75. The molecule has 14 heteroatoms. The van der Waals surface area contributed by atoms with Crippen molar-refractivity contribution in [2.75, 3.05) is 50.0 Å². The van der Waals surface area contributed by atoms with Crippen molar-refractivity contribution in [3.05, 3.63) is 63.8 Å². The van der Waals surface area contributed by atoms with Crippen LogP contribution in [0, 0.1) is 5.82 Å². The summed E-state index contributed by atoms with van der Waals surface area (Å²) in [7, 11) is 0. The maximum Gasteiger partial charge on any atom is 0.417 e. The number of morpholine rings is 1. The van der Waals surface area contributed by atoms with Crippen molar-refractivity contribution in [3.63, 3.8) is 0 Å². The van der Waals surface area contributed by atoms with Gasteiger partial charge in [-0.3, -0.25) is 14.3 Å². The van der Waals surface area contributed by atoms with E-state index in [-0.39, 0.29) is 75.9 Å². The van der Waals surface area contributed by atoms with Gasteiger partial charge in [0.15, 0.2) is 0 Å². The molecule has 0 N–H and O–H groups in total. The van der Waals surface area contributed by atoms with Crippen LogP contribution in [0.25, 0.3) is 22.0 Å². The topological polar surface area (TPSA) is 70.9 Å². The summed E-state index contributed by atoms with van der Waals surface area (Å²) in [6.07, 6.45) is -3.56. The van der Waals surface area contributed by atoms with E-state index in [1.54, 1.807) is 9.80 Å². The molecule has 2 saturated heterocycles. The van der Waals surface area contributed by atoms with E-state index in [1.165, 1.54) is 34.5 Å². The Morgan fingerprint density at radius 2 is 1.82 bits per heavy atom. The predicted octanol–water partition coefficient (Wildman–Crippen LogP) is 5.29. The van der Waals surface area contributed by atoms with Gasteiger partial charge in [-0.2, -0.15) is 18.2 Å². The highest BCUT2D eigenvalue weighted by atomic mass is 35.5. The Balaban J connectivity index is 1.61. The van der Waals surface area contributed by atoms with Crippen LogP contribution >= 0.6 is 23.4 Å². The smallest absolute Gasteiger partial charge is 0.379 e. The second kappa shape index (κ2) is 12.2. The zero-order chi connectivity index (χ0) is 32.2. The minimum atomic E-state index is -4.80. The van der Waals surface area contributed by atoms with Gasteiger partial charge in [0.1, 0.15) is 11.6 Å². The first-order valence-electron chi connectivity index (χ1n) is 14.7. The molecule has 1 aromatic heterocycles. The summed E-state index contributed by atoms with van der Waals surface area (Å²) in [5.74, 6) is -0.452. The number of benzene rings is 2. The average Bonchev–Trinajstić information content (AvgIpc) is 3.21. The monoisotopic (exact) mass is 665 g/mol. The minimum absolute atomic E-state index is 0.0964. The molecular formula is C31H32ClF4N5O3S. The second-order valence-electron chi connectivity index (χ2n) is 11.6. The van der Waals surface area contributed by atoms with Gasteiger partial charge in [0.25, 0.3) is 0 Å². The standard InChI is InChI=1S/C31H32ClF4N5O3S/c1-4-25(42)41-17(2)13-39(14-18(41)3)29-21-12-22(31(34,35)36)26(19-5-6-24(33)23(32)11-19)28-27(21)40(30(43)37-29)15-20(16-45-28)38-7-9-44-10-8-38/h4-6,11-12,17-18,20H,1,7-10,13-16H2,2-3H3/t17-,18+,20-/m0/s1. The lowest BCUT2D eigenvalue weighted by Gasteiger charge is -2.44. The highest BCUT2D eigenvalue weighted by Crippen LogP contribution is 2.49. The molecule has 6 rings (SSSR count). The molecule has 3 atom stereocenters. The normalized spacial score (nSPS) is 22.9. The van der Waals surface area contributed by atoms with E-state index < -0.39 is 23.2 Å². The Hall–Kier alpha value is -3.13. The Bertz CT molecular complexity index is 1720. The van der Waals surface area contributed by atoms with Gasteiger partial charge >= 0.3 is 11.9 Å². The molecule has 240 valence electrons. The number of hydrogen-bond donors (Lipinski definition) is 0. The summed E-state index contributed by atoms with van der Waals surface area (Å²) < 4.78 is 66.2. The van der Waals surface area contributed by atoms with E-state index in [0.29, 0.717) is 37.6 Å². The first-order valence-corrected chi connectivity index (χ1v) is 16.0. The fraction of sp³-hybridized carbons (Fsp3) is 0.452. The molecule has 0 spiro atoms. The van der Waals surface area contributed by atoms with Crippen LogP contribution in [0.3, 0.4) is 0 Å². The number of hydrogen-bond acceptors (Lipinski definition) is 7.